The van der Waals surface area contributed by atoms with E-state index in [0.29, 0.717) is 0 Å². The molecule has 0 aromatic heterocycles. The van der Waals surface area contributed by atoms with Crippen molar-refractivity contribution in [2.24, 2.45) is 0 Å². The molecule has 0 heterocycles. The molecule has 0 saturated carbocycles. The molecule has 0 amide bonds. The number of rotatable bonds is 43. The maximum absolute atomic E-state index is 2.87. The first-order valence-electron chi connectivity index (χ1n) is 23.2. The molecule has 0 bridgehead atoms. The third kappa shape index (κ3) is 38.7. The van der Waals surface area contributed by atoms with Crippen molar-refractivity contribution in [3.05, 3.63) is 0 Å². The van der Waals surface area contributed by atoms with Crippen LogP contribution in [0.2, 0.25) is 0 Å². The van der Waals surface area contributed by atoms with E-state index >= 15 is 0 Å². The molecule has 0 aromatic carbocycles. The van der Waals surface area contributed by atoms with E-state index in [1.54, 1.807) is 0 Å². The van der Waals surface area contributed by atoms with Crippen molar-refractivity contribution in [1.82, 2.24) is 9.80 Å². The van der Waals surface area contributed by atoms with Crippen molar-refractivity contribution in [3.8, 4) is 0 Å². The van der Waals surface area contributed by atoms with E-state index in [9.17, 15) is 0 Å². The van der Waals surface area contributed by atoms with Gasteiger partial charge < -0.3 is 9.80 Å². The summed E-state index contributed by atoms with van der Waals surface area (Å²) in [5, 5.41) is 0. The van der Waals surface area contributed by atoms with Crippen molar-refractivity contribution in [3.63, 3.8) is 0 Å². The van der Waals surface area contributed by atoms with E-state index in [2.05, 4.69) is 37.5 Å². The number of hydrogen-bond donors (Lipinski definition) is 0. The highest BCUT2D eigenvalue weighted by molar-refractivity contribution is 4.63. The van der Waals surface area contributed by atoms with E-state index in [1.165, 1.54) is 270 Å². The van der Waals surface area contributed by atoms with Crippen molar-refractivity contribution < 1.29 is 0 Å². The first-order valence-corrected chi connectivity index (χ1v) is 23.2. The van der Waals surface area contributed by atoms with Gasteiger partial charge in [0.2, 0.25) is 0 Å². The van der Waals surface area contributed by atoms with Gasteiger partial charge in [-0.3, -0.25) is 0 Å². The molecule has 2 nitrogen and oxygen atoms in total. The smallest absolute Gasteiger partial charge is 0.00187 e. The summed E-state index contributed by atoms with van der Waals surface area (Å²) in [4.78, 5) is 5.73. The second-order valence-corrected chi connectivity index (χ2v) is 16.0. The SMILES string of the molecule is CCCCCCCCCCN(CCCCCCCCCC)CCCCCCN(CCCCCCCCCC)CCCCCCCCCC. The first-order chi connectivity index (χ1) is 23.8. The van der Waals surface area contributed by atoms with E-state index in [0.717, 1.165) is 0 Å². The van der Waals surface area contributed by atoms with Crippen LogP contribution in [0.15, 0.2) is 0 Å². The molecule has 0 N–H and O–H groups in total. The summed E-state index contributed by atoms with van der Waals surface area (Å²) in [6.07, 6.45) is 51.8. The third-order valence-corrected chi connectivity index (χ3v) is 11.0. The van der Waals surface area contributed by atoms with E-state index in [-0.39, 0.29) is 0 Å². The molecule has 0 aliphatic carbocycles. The fraction of sp³-hybridized carbons (Fsp3) is 1.00. The lowest BCUT2D eigenvalue weighted by Crippen LogP contribution is -2.28. The lowest BCUT2D eigenvalue weighted by molar-refractivity contribution is 0.244. The van der Waals surface area contributed by atoms with Gasteiger partial charge in [0.25, 0.3) is 0 Å². The molecule has 0 aliphatic heterocycles. The van der Waals surface area contributed by atoms with Crippen molar-refractivity contribution in [2.45, 2.75) is 259 Å². The minimum absolute atomic E-state index is 1.35. The van der Waals surface area contributed by atoms with E-state index < -0.39 is 0 Å². The van der Waals surface area contributed by atoms with E-state index in [4.69, 9.17) is 0 Å². The Hall–Kier alpha value is -0.0800. The molecule has 0 fully saturated rings. The van der Waals surface area contributed by atoms with Crippen LogP contribution in [0.3, 0.4) is 0 Å². The molecule has 0 spiro atoms. The average Bonchev–Trinajstić information content (AvgIpc) is 3.10. The molecule has 0 saturated heterocycles. The lowest BCUT2D eigenvalue weighted by atomic mass is 10.1. The summed E-state index contributed by atoms with van der Waals surface area (Å²) in [7, 11) is 0. The maximum Gasteiger partial charge on any atom is -0.00187 e. The van der Waals surface area contributed by atoms with Gasteiger partial charge in [-0.05, 0) is 77.8 Å². The Morgan fingerprint density at radius 2 is 0.292 bits per heavy atom. The van der Waals surface area contributed by atoms with Gasteiger partial charge in [0.15, 0.2) is 0 Å². The Bertz CT molecular complexity index is 460. The van der Waals surface area contributed by atoms with Gasteiger partial charge in [0.1, 0.15) is 0 Å². The van der Waals surface area contributed by atoms with Crippen LogP contribution in [0.1, 0.15) is 259 Å². The molecular formula is C46H96N2. The molecule has 0 rings (SSSR count). The second-order valence-electron chi connectivity index (χ2n) is 16.0. The standard InChI is InChI=1S/C46H96N2/c1-5-9-13-17-21-25-29-35-41-47(42-36-30-26-22-18-14-10-6-2)45-39-33-34-40-46-48(43-37-31-27-23-19-15-11-7-3)44-38-32-28-24-20-16-12-8-4/h5-46H2,1-4H3. The maximum atomic E-state index is 2.87. The third-order valence-electron chi connectivity index (χ3n) is 11.0. The van der Waals surface area contributed by atoms with Gasteiger partial charge >= 0.3 is 0 Å². The summed E-state index contributed by atoms with van der Waals surface area (Å²) in [5.41, 5.74) is 0. The molecule has 0 radical (unpaired) electrons. The van der Waals surface area contributed by atoms with Crippen molar-refractivity contribution >= 4 is 0 Å². The van der Waals surface area contributed by atoms with Gasteiger partial charge in [0, 0.05) is 0 Å². The number of nitrogens with zero attached hydrogens (tertiary/aromatic N) is 2. The molecule has 0 aromatic rings. The zero-order valence-corrected chi connectivity index (χ0v) is 34.6. The Morgan fingerprint density at radius 1 is 0.167 bits per heavy atom. The summed E-state index contributed by atoms with van der Waals surface area (Å²) in [6, 6.07) is 0. The quantitative estimate of drug-likeness (QED) is 0.0593. The zero-order valence-electron chi connectivity index (χ0n) is 34.6. The Balaban J connectivity index is 4.37. The van der Waals surface area contributed by atoms with Gasteiger partial charge in [-0.2, -0.15) is 0 Å². The van der Waals surface area contributed by atoms with Crippen molar-refractivity contribution in [1.29, 1.82) is 0 Å². The highest BCUT2D eigenvalue weighted by atomic mass is 15.1. The van der Waals surface area contributed by atoms with Gasteiger partial charge in [-0.15, -0.1) is 0 Å². The topological polar surface area (TPSA) is 6.48 Å². The predicted molar refractivity (Wildman–Crippen MR) is 222 cm³/mol. The van der Waals surface area contributed by atoms with Crippen LogP contribution in [0.25, 0.3) is 0 Å². The van der Waals surface area contributed by atoms with Crippen LogP contribution in [-0.2, 0) is 0 Å². The molecular weight excluding hydrogens is 581 g/mol. The molecule has 48 heavy (non-hydrogen) atoms. The largest absolute Gasteiger partial charge is 0.303 e. The minimum Gasteiger partial charge on any atom is -0.303 e. The van der Waals surface area contributed by atoms with Crippen molar-refractivity contribution in [2.75, 3.05) is 39.3 Å². The molecule has 2 heteroatoms. The fourth-order valence-corrected chi connectivity index (χ4v) is 7.57. The second kappa shape index (κ2) is 43.1. The molecule has 0 unspecified atom stereocenters. The van der Waals surface area contributed by atoms with Crippen LogP contribution in [-0.4, -0.2) is 49.1 Å². The molecule has 0 aliphatic rings. The first kappa shape index (κ1) is 47.9. The number of unbranched alkanes of at least 4 members (excludes halogenated alkanes) is 31. The lowest BCUT2D eigenvalue weighted by Gasteiger charge is -2.23. The Morgan fingerprint density at radius 3 is 0.438 bits per heavy atom. The fourth-order valence-electron chi connectivity index (χ4n) is 7.57. The van der Waals surface area contributed by atoms with Gasteiger partial charge in [-0.25, -0.2) is 0 Å². The van der Waals surface area contributed by atoms with Crippen LogP contribution in [0.5, 0.6) is 0 Å². The Labute approximate surface area is 307 Å². The van der Waals surface area contributed by atoms with Crippen LogP contribution in [0.4, 0.5) is 0 Å². The van der Waals surface area contributed by atoms with Crippen LogP contribution in [0, 0.1) is 0 Å². The Kier molecular flexibility index (Phi) is 43.0. The molecule has 290 valence electrons. The highest BCUT2D eigenvalue weighted by Gasteiger charge is 2.08. The summed E-state index contributed by atoms with van der Waals surface area (Å²) in [6.45, 7) is 17.4. The highest BCUT2D eigenvalue weighted by Crippen LogP contribution is 2.15. The summed E-state index contributed by atoms with van der Waals surface area (Å²) in [5.74, 6) is 0. The van der Waals surface area contributed by atoms with Crippen LogP contribution >= 0.6 is 0 Å². The normalized spacial score (nSPS) is 11.9. The van der Waals surface area contributed by atoms with Crippen LogP contribution < -0.4 is 0 Å². The van der Waals surface area contributed by atoms with Gasteiger partial charge in [0.05, 0.1) is 0 Å². The monoisotopic (exact) mass is 677 g/mol. The summed E-state index contributed by atoms with van der Waals surface area (Å²) >= 11 is 0. The number of hydrogen-bond acceptors (Lipinski definition) is 2. The average molecular weight is 677 g/mol. The summed E-state index contributed by atoms with van der Waals surface area (Å²) < 4.78 is 0. The zero-order chi connectivity index (χ0) is 34.9. The predicted octanol–water partition coefficient (Wildman–Crippen LogP) is 15.7. The molecule has 0 atom stereocenters. The van der Waals surface area contributed by atoms with E-state index in [1.807, 2.05) is 0 Å². The van der Waals surface area contributed by atoms with Gasteiger partial charge in [-0.1, -0.05) is 220 Å². The minimum atomic E-state index is 1.35.